The molecule has 0 saturated heterocycles. The molecule has 118 valence electrons. The van der Waals surface area contributed by atoms with Gasteiger partial charge < -0.3 is 5.32 Å². The van der Waals surface area contributed by atoms with Crippen LogP contribution >= 0.6 is 11.3 Å². The number of rotatable bonds is 4. The molecular formula is C16H12N6OS. The molecule has 4 aromatic rings. The van der Waals surface area contributed by atoms with Crippen LogP contribution in [0.5, 0.6) is 0 Å². The topological polar surface area (TPSA) is 88.5 Å². The molecule has 0 saturated carbocycles. The van der Waals surface area contributed by atoms with E-state index in [0.29, 0.717) is 11.4 Å². The van der Waals surface area contributed by atoms with Crippen LogP contribution in [0.1, 0.15) is 10.5 Å². The minimum atomic E-state index is -0.270. The van der Waals surface area contributed by atoms with Crippen molar-refractivity contribution in [3.05, 3.63) is 66.2 Å². The highest BCUT2D eigenvalue weighted by Gasteiger charge is 2.13. The highest BCUT2D eigenvalue weighted by molar-refractivity contribution is 7.13. The molecule has 0 atom stereocenters. The first-order valence-corrected chi connectivity index (χ1v) is 8.04. The number of hydrogen-bond donors (Lipinski definition) is 2. The maximum absolute atomic E-state index is 12.3. The molecule has 24 heavy (non-hydrogen) atoms. The third kappa shape index (κ3) is 2.82. The predicted molar refractivity (Wildman–Crippen MR) is 91.2 cm³/mol. The summed E-state index contributed by atoms with van der Waals surface area (Å²) >= 11 is 1.40. The minimum absolute atomic E-state index is 0.270. The quantitative estimate of drug-likeness (QED) is 0.600. The first-order valence-electron chi connectivity index (χ1n) is 7.16. The number of aromatic nitrogens is 5. The zero-order valence-corrected chi connectivity index (χ0v) is 13.2. The number of anilines is 1. The van der Waals surface area contributed by atoms with Gasteiger partial charge in [0.1, 0.15) is 10.7 Å². The third-order valence-corrected chi connectivity index (χ3v) is 4.23. The van der Waals surface area contributed by atoms with Gasteiger partial charge in [0.05, 0.1) is 30.0 Å². The second kappa shape index (κ2) is 6.09. The minimum Gasteiger partial charge on any atom is -0.318 e. The molecule has 8 heteroatoms. The van der Waals surface area contributed by atoms with E-state index in [1.54, 1.807) is 34.8 Å². The average molecular weight is 336 g/mol. The number of aromatic amines is 1. The molecule has 3 heterocycles. The molecule has 0 radical (unpaired) electrons. The van der Waals surface area contributed by atoms with Gasteiger partial charge in [0.2, 0.25) is 0 Å². The van der Waals surface area contributed by atoms with E-state index in [2.05, 4.69) is 25.6 Å². The molecule has 7 nitrogen and oxygen atoms in total. The number of carbonyl (C=O) groups excluding carboxylic acids is 1. The van der Waals surface area contributed by atoms with E-state index in [-0.39, 0.29) is 5.91 Å². The summed E-state index contributed by atoms with van der Waals surface area (Å²) in [7, 11) is 0. The van der Waals surface area contributed by atoms with Crippen LogP contribution in [-0.4, -0.2) is 30.9 Å². The van der Waals surface area contributed by atoms with Crippen LogP contribution in [0, 0.1) is 0 Å². The zero-order valence-electron chi connectivity index (χ0n) is 12.4. The largest absolute Gasteiger partial charge is 0.318 e. The van der Waals surface area contributed by atoms with Gasteiger partial charge in [0.15, 0.2) is 0 Å². The van der Waals surface area contributed by atoms with Gasteiger partial charge in [0.25, 0.3) is 5.91 Å². The monoisotopic (exact) mass is 336 g/mol. The normalized spacial score (nSPS) is 10.7. The van der Waals surface area contributed by atoms with Crippen LogP contribution in [0.2, 0.25) is 0 Å². The second-order valence-electron chi connectivity index (χ2n) is 4.99. The summed E-state index contributed by atoms with van der Waals surface area (Å²) in [4.78, 5) is 16.6. The number of nitrogens with zero attached hydrogens (tertiary/aromatic N) is 4. The van der Waals surface area contributed by atoms with Gasteiger partial charge in [-0.25, -0.2) is 9.67 Å². The molecule has 1 amide bonds. The fraction of sp³-hybridized carbons (Fsp3) is 0. The van der Waals surface area contributed by atoms with Gasteiger partial charge >= 0.3 is 0 Å². The number of nitrogens with one attached hydrogen (secondary N) is 2. The standard InChI is InChI=1S/C16H12N6OS/c23-15(14-10-24-16(21-14)11-6-17-18-7-11)20-12-8-19-22(9-12)13-4-2-1-3-5-13/h1-10H,(H,17,18)(H,20,23). The fourth-order valence-corrected chi connectivity index (χ4v) is 2.96. The Morgan fingerprint density at radius 2 is 2.08 bits per heavy atom. The van der Waals surface area contributed by atoms with Crippen LogP contribution < -0.4 is 5.32 Å². The van der Waals surface area contributed by atoms with Crippen molar-refractivity contribution in [2.45, 2.75) is 0 Å². The van der Waals surface area contributed by atoms with E-state index >= 15 is 0 Å². The number of carbonyl (C=O) groups is 1. The number of hydrogen-bond acceptors (Lipinski definition) is 5. The molecule has 0 aliphatic rings. The Hall–Kier alpha value is -3.26. The summed E-state index contributed by atoms with van der Waals surface area (Å²) in [6.45, 7) is 0. The first kappa shape index (κ1) is 14.3. The molecule has 0 aliphatic heterocycles. The molecule has 0 unspecified atom stereocenters. The van der Waals surface area contributed by atoms with Crippen molar-refractivity contribution >= 4 is 22.9 Å². The van der Waals surface area contributed by atoms with Crippen LogP contribution in [-0.2, 0) is 0 Å². The summed E-state index contributed by atoms with van der Waals surface area (Å²) in [6, 6.07) is 9.69. The SMILES string of the molecule is O=C(Nc1cnn(-c2ccccc2)c1)c1csc(-c2cn[nH]c2)n1. The summed E-state index contributed by atoms with van der Waals surface area (Å²) in [5.74, 6) is -0.270. The van der Waals surface area contributed by atoms with E-state index in [1.807, 2.05) is 30.3 Å². The van der Waals surface area contributed by atoms with Crippen LogP contribution in [0.15, 0.2) is 60.5 Å². The Bertz CT molecular complexity index is 958. The van der Waals surface area contributed by atoms with Gasteiger partial charge in [-0.1, -0.05) is 18.2 Å². The Morgan fingerprint density at radius 1 is 1.21 bits per heavy atom. The maximum atomic E-state index is 12.3. The molecule has 2 N–H and O–H groups in total. The lowest BCUT2D eigenvalue weighted by Gasteiger charge is -2.00. The van der Waals surface area contributed by atoms with Crippen LogP contribution in [0.4, 0.5) is 5.69 Å². The van der Waals surface area contributed by atoms with E-state index in [1.165, 1.54) is 11.3 Å². The molecular weight excluding hydrogens is 324 g/mol. The number of benzene rings is 1. The van der Waals surface area contributed by atoms with Crippen molar-refractivity contribution in [1.29, 1.82) is 0 Å². The molecule has 0 fully saturated rings. The zero-order chi connectivity index (χ0) is 16.4. The second-order valence-corrected chi connectivity index (χ2v) is 5.85. The van der Waals surface area contributed by atoms with Crippen molar-refractivity contribution in [2.24, 2.45) is 0 Å². The molecule has 3 aromatic heterocycles. The van der Waals surface area contributed by atoms with Crippen molar-refractivity contribution in [2.75, 3.05) is 5.32 Å². The Kier molecular flexibility index (Phi) is 3.64. The highest BCUT2D eigenvalue weighted by atomic mass is 32.1. The summed E-state index contributed by atoms with van der Waals surface area (Å²) in [6.07, 6.45) is 6.78. The van der Waals surface area contributed by atoms with Crippen LogP contribution in [0.3, 0.4) is 0 Å². The van der Waals surface area contributed by atoms with Gasteiger partial charge in [-0.3, -0.25) is 9.89 Å². The van der Waals surface area contributed by atoms with Gasteiger partial charge in [0, 0.05) is 17.1 Å². The lowest BCUT2D eigenvalue weighted by atomic mass is 10.3. The maximum Gasteiger partial charge on any atom is 0.275 e. The molecule has 4 rings (SSSR count). The first-order chi connectivity index (χ1) is 11.8. The molecule has 1 aromatic carbocycles. The summed E-state index contributed by atoms with van der Waals surface area (Å²) < 4.78 is 1.70. The summed E-state index contributed by atoms with van der Waals surface area (Å²) in [5, 5.41) is 16.1. The Morgan fingerprint density at radius 3 is 2.88 bits per heavy atom. The predicted octanol–water partition coefficient (Wildman–Crippen LogP) is 2.97. The smallest absolute Gasteiger partial charge is 0.275 e. The number of thiazole rings is 1. The average Bonchev–Trinajstić information content (AvgIpc) is 3.36. The third-order valence-electron chi connectivity index (χ3n) is 3.34. The van der Waals surface area contributed by atoms with E-state index in [4.69, 9.17) is 0 Å². The number of para-hydroxylation sites is 1. The molecule has 0 aliphatic carbocycles. The number of H-pyrrole nitrogens is 1. The van der Waals surface area contributed by atoms with Crippen molar-refractivity contribution < 1.29 is 4.79 Å². The van der Waals surface area contributed by atoms with E-state index in [9.17, 15) is 4.79 Å². The lowest BCUT2D eigenvalue weighted by molar-refractivity contribution is 0.102. The number of amides is 1. The van der Waals surface area contributed by atoms with Crippen molar-refractivity contribution in [1.82, 2.24) is 25.0 Å². The van der Waals surface area contributed by atoms with E-state index < -0.39 is 0 Å². The van der Waals surface area contributed by atoms with Crippen LogP contribution in [0.25, 0.3) is 16.3 Å². The molecule has 0 spiro atoms. The summed E-state index contributed by atoms with van der Waals surface area (Å²) in [5.41, 5.74) is 2.76. The Balaban J connectivity index is 1.50. The van der Waals surface area contributed by atoms with Crippen molar-refractivity contribution in [3.8, 4) is 16.3 Å². The van der Waals surface area contributed by atoms with Gasteiger partial charge in [-0.05, 0) is 12.1 Å². The lowest BCUT2D eigenvalue weighted by Crippen LogP contribution is -2.11. The van der Waals surface area contributed by atoms with Crippen molar-refractivity contribution in [3.63, 3.8) is 0 Å². The Labute approximate surface area is 141 Å². The fourth-order valence-electron chi connectivity index (χ4n) is 2.18. The van der Waals surface area contributed by atoms with Gasteiger partial charge in [-0.2, -0.15) is 10.2 Å². The molecule has 0 bridgehead atoms. The van der Waals surface area contributed by atoms with E-state index in [0.717, 1.165) is 16.3 Å². The van der Waals surface area contributed by atoms with Gasteiger partial charge in [-0.15, -0.1) is 11.3 Å². The highest BCUT2D eigenvalue weighted by Crippen LogP contribution is 2.23.